The molecule has 0 aliphatic heterocycles. The van der Waals surface area contributed by atoms with Crippen LogP contribution in [0.5, 0.6) is 0 Å². The Bertz CT molecular complexity index is 192. The summed E-state index contributed by atoms with van der Waals surface area (Å²) in [5, 5.41) is 0. The van der Waals surface area contributed by atoms with Crippen molar-refractivity contribution in [1.82, 2.24) is 4.98 Å². The van der Waals surface area contributed by atoms with Crippen molar-refractivity contribution in [2.24, 2.45) is 0 Å². The third kappa shape index (κ3) is 2.05. The Morgan fingerprint density at radius 2 is 2.18 bits per heavy atom. The van der Waals surface area contributed by atoms with Crippen molar-refractivity contribution in [3.05, 3.63) is 18.4 Å². The van der Waals surface area contributed by atoms with Crippen LogP contribution in [0.1, 0.15) is 27.0 Å². The lowest BCUT2D eigenvalue weighted by Crippen LogP contribution is -2.18. The zero-order valence-corrected chi connectivity index (χ0v) is 6.42. The van der Waals surface area contributed by atoms with Crippen LogP contribution in [0, 0.1) is 0 Å². The highest BCUT2D eigenvalue weighted by Crippen LogP contribution is 2.22. The molecule has 0 N–H and O–H groups in total. The van der Waals surface area contributed by atoms with E-state index in [1.165, 1.54) is 6.39 Å². The number of hydrogen-bond donors (Lipinski definition) is 0. The maximum absolute atomic E-state index is 5.15. The second-order valence-electron chi connectivity index (χ2n) is 2.58. The molecule has 1 rings (SSSR count). The summed E-state index contributed by atoms with van der Waals surface area (Å²) in [6, 6.07) is 0. The average molecular weight is 157 g/mol. The Balaban J connectivity index is 0.000001000. The molecule has 3 nitrogen and oxygen atoms in total. The van der Waals surface area contributed by atoms with Crippen molar-refractivity contribution >= 4 is 0 Å². The molecule has 1 heterocycles. The van der Waals surface area contributed by atoms with Crippen LogP contribution in [0.2, 0.25) is 0 Å². The molecule has 1 aromatic rings. The fourth-order valence-electron chi connectivity index (χ4n) is 0.614. The van der Waals surface area contributed by atoms with Gasteiger partial charge in [0.05, 0.1) is 6.20 Å². The third-order valence-electron chi connectivity index (χ3n) is 1.54. The maximum Gasteiger partial charge on any atom is 0.181 e. The van der Waals surface area contributed by atoms with Gasteiger partial charge in [0.25, 0.3) is 0 Å². The Labute approximate surface area is 67.4 Å². The standard InChI is InChI=1S/C7H11NO2.CH4/c1-7(2,9-3)6-4-8-5-10-6;/h4-5H,1-3H3;1H4. The van der Waals surface area contributed by atoms with Gasteiger partial charge in [-0.1, -0.05) is 7.43 Å². The highest BCUT2D eigenvalue weighted by atomic mass is 16.5. The first-order valence-electron chi connectivity index (χ1n) is 3.11. The molecule has 0 aliphatic rings. The monoisotopic (exact) mass is 157 g/mol. The van der Waals surface area contributed by atoms with Crippen molar-refractivity contribution in [2.75, 3.05) is 7.11 Å². The molecule has 0 unspecified atom stereocenters. The molecule has 11 heavy (non-hydrogen) atoms. The summed E-state index contributed by atoms with van der Waals surface area (Å²) in [5.74, 6) is 0.745. The Morgan fingerprint density at radius 3 is 2.55 bits per heavy atom. The first-order valence-corrected chi connectivity index (χ1v) is 3.11. The molecular weight excluding hydrogens is 142 g/mol. The first-order chi connectivity index (χ1) is 4.67. The van der Waals surface area contributed by atoms with Crippen LogP contribution in [0.3, 0.4) is 0 Å². The van der Waals surface area contributed by atoms with E-state index in [9.17, 15) is 0 Å². The smallest absolute Gasteiger partial charge is 0.181 e. The van der Waals surface area contributed by atoms with Crippen LogP contribution in [0.15, 0.2) is 17.0 Å². The van der Waals surface area contributed by atoms with Crippen molar-refractivity contribution in [1.29, 1.82) is 0 Å². The lowest BCUT2D eigenvalue weighted by molar-refractivity contribution is 0.000911. The molecule has 0 amide bonds. The van der Waals surface area contributed by atoms with Crippen LogP contribution in [0.4, 0.5) is 0 Å². The number of aromatic nitrogens is 1. The molecule has 0 bridgehead atoms. The maximum atomic E-state index is 5.15. The molecule has 0 saturated heterocycles. The zero-order valence-electron chi connectivity index (χ0n) is 6.42. The summed E-state index contributed by atoms with van der Waals surface area (Å²) < 4.78 is 10.2. The van der Waals surface area contributed by atoms with E-state index in [1.807, 2.05) is 13.8 Å². The summed E-state index contributed by atoms with van der Waals surface area (Å²) in [5.41, 5.74) is -0.365. The number of ether oxygens (including phenoxy) is 1. The normalized spacial score (nSPS) is 10.8. The van der Waals surface area contributed by atoms with Gasteiger partial charge in [-0.15, -0.1) is 0 Å². The quantitative estimate of drug-likeness (QED) is 0.660. The van der Waals surface area contributed by atoms with Gasteiger partial charge in [-0.25, -0.2) is 4.98 Å². The SMILES string of the molecule is C.COC(C)(C)c1cnco1. The van der Waals surface area contributed by atoms with Gasteiger partial charge in [-0.3, -0.25) is 0 Å². The molecule has 0 aliphatic carbocycles. The first kappa shape index (κ1) is 10.2. The highest BCUT2D eigenvalue weighted by Gasteiger charge is 2.22. The van der Waals surface area contributed by atoms with E-state index in [1.54, 1.807) is 13.3 Å². The van der Waals surface area contributed by atoms with E-state index in [2.05, 4.69) is 4.98 Å². The lowest BCUT2D eigenvalue weighted by Gasteiger charge is -2.18. The van der Waals surface area contributed by atoms with Crippen molar-refractivity contribution in [3.63, 3.8) is 0 Å². The minimum atomic E-state index is -0.365. The summed E-state index contributed by atoms with van der Waals surface area (Å²) in [6.45, 7) is 3.85. The Morgan fingerprint density at radius 1 is 1.55 bits per heavy atom. The Kier molecular flexibility index (Phi) is 3.26. The van der Waals surface area contributed by atoms with Gasteiger partial charge in [0.1, 0.15) is 5.60 Å². The summed E-state index contributed by atoms with van der Waals surface area (Å²) in [4.78, 5) is 3.79. The predicted molar refractivity (Wildman–Crippen MR) is 43.3 cm³/mol. The number of hydrogen-bond acceptors (Lipinski definition) is 3. The molecule has 3 heteroatoms. The molecule has 64 valence electrons. The van der Waals surface area contributed by atoms with Gasteiger partial charge < -0.3 is 9.15 Å². The van der Waals surface area contributed by atoms with Gasteiger partial charge >= 0.3 is 0 Å². The zero-order chi connectivity index (χ0) is 7.61. The van der Waals surface area contributed by atoms with E-state index in [0.29, 0.717) is 0 Å². The molecule has 0 aromatic carbocycles. The van der Waals surface area contributed by atoms with Crippen molar-refractivity contribution < 1.29 is 9.15 Å². The fourth-order valence-corrected chi connectivity index (χ4v) is 0.614. The minimum absolute atomic E-state index is 0. The third-order valence-corrected chi connectivity index (χ3v) is 1.54. The summed E-state index contributed by atoms with van der Waals surface area (Å²) in [7, 11) is 1.64. The number of rotatable bonds is 2. The molecule has 0 radical (unpaired) electrons. The predicted octanol–water partition coefficient (Wildman–Crippen LogP) is 2.19. The van der Waals surface area contributed by atoms with Crippen LogP contribution >= 0.6 is 0 Å². The van der Waals surface area contributed by atoms with Crippen molar-refractivity contribution in [2.45, 2.75) is 26.9 Å². The van der Waals surface area contributed by atoms with E-state index >= 15 is 0 Å². The fraction of sp³-hybridized carbons (Fsp3) is 0.625. The lowest BCUT2D eigenvalue weighted by atomic mass is 10.1. The van der Waals surface area contributed by atoms with Crippen LogP contribution in [0.25, 0.3) is 0 Å². The van der Waals surface area contributed by atoms with E-state index in [-0.39, 0.29) is 13.0 Å². The minimum Gasteiger partial charge on any atom is -0.445 e. The average Bonchev–Trinajstić information content (AvgIpc) is 2.38. The number of methoxy groups -OCH3 is 1. The summed E-state index contributed by atoms with van der Waals surface area (Å²) >= 11 is 0. The second-order valence-corrected chi connectivity index (χ2v) is 2.58. The largest absolute Gasteiger partial charge is 0.445 e. The van der Waals surface area contributed by atoms with Gasteiger partial charge in [0.15, 0.2) is 12.2 Å². The number of nitrogens with zero attached hydrogens (tertiary/aromatic N) is 1. The van der Waals surface area contributed by atoms with Gasteiger partial charge in [0, 0.05) is 7.11 Å². The molecular formula is C8H15NO2. The van der Waals surface area contributed by atoms with E-state index < -0.39 is 0 Å². The second kappa shape index (κ2) is 3.53. The van der Waals surface area contributed by atoms with Crippen LogP contribution < -0.4 is 0 Å². The van der Waals surface area contributed by atoms with E-state index in [4.69, 9.17) is 9.15 Å². The Hall–Kier alpha value is -0.830. The highest BCUT2D eigenvalue weighted by molar-refractivity contribution is 5.00. The van der Waals surface area contributed by atoms with Crippen molar-refractivity contribution in [3.8, 4) is 0 Å². The molecule has 0 spiro atoms. The van der Waals surface area contributed by atoms with E-state index in [0.717, 1.165) is 5.76 Å². The topological polar surface area (TPSA) is 35.3 Å². The molecule has 0 atom stereocenters. The van der Waals surface area contributed by atoms with Gasteiger partial charge in [0.2, 0.25) is 0 Å². The summed E-state index contributed by atoms with van der Waals surface area (Å²) in [6.07, 6.45) is 3.06. The van der Waals surface area contributed by atoms with Gasteiger partial charge in [-0.2, -0.15) is 0 Å². The number of oxazole rings is 1. The van der Waals surface area contributed by atoms with Gasteiger partial charge in [-0.05, 0) is 13.8 Å². The molecule has 1 aromatic heterocycles. The van der Waals surface area contributed by atoms with Crippen LogP contribution in [-0.4, -0.2) is 12.1 Å². The van der Waals surface area contributed by atoms with Crippen LogP contribution in [-0.2, 0) is 10.3 Å². The molecule has 0 fully saturated rings. The molecule has 0 saturated carbocycles.